The van der Waals surface area contributed by atoms with Crippen LogP contribution in [0.1, 0.15) is 6.92 Å². The van der Waals surface area contributed by atoms with E-state index in [1.54, 1.807) is 0 Å². The minimum atomic E-state index is -4.19. The van der Waals surface area contributed by atoms with Gasteiger partial charge in [-0.15, -0.1) is 0 Å². The van der Waals surface area contributed by atoms with Crippen LogP contribution >= 0.6 is 0 Å². The minimum absolute atomic E-state index is 0. The Morgan fingerprint density at radius 3 is 1.83 bits per heavy atom. The van der Waals surface area contributed by atoms with E-state index < -0.39 is 18.7 Å². The Morgan fingerprint density at radius 2 is 1.83 bits per heavy atom. The van der Waals surface area contributed by atoms with Crippen LogP contribution in [0.5, 0.6) is 0 Å². The van der Waals surface area contributed by atoms with Crippen molar-refractivity contribution in [3.8, 4) is 0 Å². The zero-order chi connectivity index (χ0) is 9.49. The van der Waals surface area contributed by atoms with Crippen LogP contribution < -0.4 is 45.9 Å². The molecule has 0 atom stereocenters. The Bertz CT molecular complexity index is 115. The molecule has 3 N–H and O–H groups in total. The summed E-state index contributed by atoms with van der Waals surface area (Å²) < 4.78 is 32.7. The number of hydrazine groups is 1. The number of halogens is 3. The number of carboxylic acid groups (broad SMARTS) is 1. The number of nitrogens with one attached hydrogen (secondary N) is 1. The first-order valence-electron chi connectivity index (χ1n) is 2.47. The molecule has 68 valence electrons. The van der Waals surface area contributed by atoms with Gasteiger partial charge in [0, 0.05) is 5.97 Å². The molecule has 0 aliphatic heterocycles. The summed E-state index contributed by atoms with van der Waals surface area (Å²) in [6, 6.07) is 0. The smallest absolute Gasteiger partial charge is 0.550 e. The molecular weight excluding hydrogens is 188 g/mol. The fraction of sp³-hybridized carbons (Fsp3) is 0.750. The molecule has 0 aromatic heterocycles. The molecule has 0 spiro atoms. The van der Waals surface area contributed by atoms with E-state index in [0.717, 1.165) is 6.92 Å². The molecule has 0 fully saturated rings. The van der Waals surface area contributed by atoms with Gasteiger partial charge in [-0.1, -0.05) is 0 Å². The second-order valence-electron chi connectivity index (χ2n) is 1.49. The van der Waals surface area contributed by atoms with Crippen LogP contribution in [0.3, 0.4) is 0 Å². The Morgan fingerprint density at radius 1 is 1.58 bits per heavy atom. The first kappa shape index (κ1) is 18.1. The first-order valence-corrected chi connectivity index (χ1v) is 2.47. The van der Waals surface area contributed by atoms with Crippen molar-refractivity contribution in [3.63, 3.8) is 0 Å². The number of carboxylic acids is 1. The van der Waals surface area contributed by atoms with E-state index in [9.17, 15) is 13.2 Å². The summed E-state index contributed by atoms with van der Waals surface area (Å²) in [6.07, 6.45) is -4.19. The van der Waals surface area contributed by atoms with Crippen LogP contribution in [0.4, 0.5) is 13.2 Å². The van der Waals surface area contributed by atoms with E-state index in [1.165, 1.54) is 5.43 Å². The molecule has 0 saturated heterocycles. The van der Waals surface area contributed by atoms with Gasteiger partial charge in [-0.2, -0.15) is 13.2 Å². The SMILES string of the molecule is CC(=O)[O-].NNCC(F)(F)F.[Na+]. The van der Waals surface area contributed by atoms with Crippen molar-refractivity contribution < 1.29 is 52.6 Å². The normalized spacial score (nSPS) is 9.08. The molecule has 0 heterocycles. The maximum absolute atomic E-state index is 10.9. The maximum Gasteiger partial charge on any atom is 1.00 e. The third kappa shape index (κ3) is 49.1. The fourth-order valence-electron chi connectivity index (χ4n) is 0.116. The van der Waals surface area contributed by atoms with Gasteiger partial charge in [0.25, 0.3) is 0 Å². The van der Waals surface area contributed by atoms with Gasteiger partial charge in [0.1, 0.15) is 6.54 Å². The van der Waals surface area contributed by atoms with Gasteiger partial charge >= 0.3 is 35.7 Å². The number of aliphatic carboxylic acids is 1. The number of rotatable bonds is 1. The van der Waals surface area contributed by atoms with Crippen LogP contribution in [0.25, 0.3) is 0 Å². The monoisotopic (exact) mass is 196 g/mol. The van der Waals surface area contributed by atoms with E-state index in [2.05, 4.69) is 5.84 Å². The van der Waals surface area contributed by atoms with Crippen molar-refractivity contribution in [1.82, 2.24) is 5.43 Å². The average molecular weight is 196 g/mol. The third-order valence-corrected chi connectivity index (χ3v) is 0.303. The molecule has 0 bridgehead atoms. The Balaban J connectivity index is -0.000000142. The number of carbonyl (C=O) groups is 1. The Kier molecular flexibility index (Phi) is 14.0. The topological polar surface area (TPSA) is 78.2 Å². The van der Waals surface area contributed by atoms with E-state index in [0.29, 0.717) is 0 Å². The first-order chi connectivity index (χ1) is 4.79. The second kappa shape index (κ2) is 9.27. The van der Waals surface area contributed by atoms with Gasteiger partial charge in [-0.3, -0.25) is 11.3 Å². The van der Waals surface area contributed by atoms with Crippen molar-refractivity contribution in [1.29, 1.82) is 0 Å². The van der Waals surface area contributed by atoms with E-state index in [1.807, 2.05) is 0 Å². The summed E-state index contributed by atoms with van der Waals surface area (Å²) in [6.45, 7) is -0.160. The second-order valence-corrected chi connectivity index (χ2v) is 1.49. The van der Waals surface area contributed by atoms with E-state index in [4.69, 9.17) is 9.90 Å². The van der Waals surface area contributed by atoms with E-state index >= 15 is 0 Å². The Hall–Kier alpha value is 0.180. The van der Waals surface area contributed by atoms with Gasteiger partial charge in [0.05, 0.1) is 0 Å². The largest absolute Gasteiger partial charge is 1.00 e. The van der Waals surface area contributed by atoms with Gasteiger partial charge in [-0.25, -0.2) is 0 Å². The zero-order valence-corrected chi connectivity index (χ0v) is 8.73. The number of hydrogen-bond donors (Lipinski definition) is 2. The predicted molar refractivity (Wildman–Crippen MR) is 28.9 cm³/mol. The molecule has 0 aliphatic carbocycles. The van der Waals surface area contributed by atoms with Crippen molar-refractivity contribution in [3.05, 3.63) is 0 Å². The standard InChI is InChI=1S/C2H5F3N2.C2H4O2.Na/c3-2(4,5)1-7-6;1-2(3)4;/h7H,1,6H2;1H3,(H,3,4);/q;;+1/p-1. The number of alkyl halides is 3. The Labute approximate surface area is 89.6 Å². The molecule has 0 radical (unpaired) electrons. The van der Waals surface area contributed by atoms with Crippen LogP contribution in [0.2, 0.25) is 0 Å². The maximum atomic E-state index is 10.9. The summed E-state index contributed by atoms with van der Waals surface area (Å²) in [5.74, 6) is 3.26. The van der Waals surface area contributed by atoms with Crippen molar-refractivity contribution >= 4 is 5.97 Å². The molecule has 12 heavy (non-hydrogen) atoms. The summed E-state index contributed by atoms with van der Waals surface area (Å²) in [4.78, 5) is 8.89. The number of carbonyl (C=O) groups excluding carboxylic acids is 1. The molecule has 8 heteroatoms. The molecule has 0 aromatic carbocycles. The minimum Gasteiger partial charge on any atom is -0.550 e. The predicted octanol–water partition coefficient (Wildman–Crippen LogP) is -4.23. The quantitative estimate of drug-likeness (QED) is 0.253. The number of nitrogens with two attached hydrogens (primary N) is 1. The number of hydrogen-bond acceptors (Lipinski definition) is 4. The summed E-state index contributed by atoms with van der Waals surface area (Å²) in [5.41, 5.74) is 1.48. The molecule has 0 aromatic rings. The van der Waals surface area contributed by atoms with E-state index in [-0.39, 0.29) is 29.6 Å². The fourth-order valence-corrected chi connectivity index (χ4v) is 0.116. The van der Waals surface area contributed by atoms with Crippen molar-refractivity contribution in [2.45, 2.75) is 13.1 Å². The summed E-state index contributed by atoms with van der Waals surface area (Å²) in [5, 5.41) is 8.89. The van der Waals surface area contributed by atoms with Crippen LogP contribution in [0, 0.1) is 0 Å². The molecule has 0 saturated carbocycles. The summed E-state index contributed by atoms with van der Waals surface area (Å²) in [7, 11) is 0. The molecule has 0 aliphatic rings. The van der Waals surface area contributed by atoms with Gasteiger partial charge in [0.15, 0.2) is 0 Å². The zero-order valence-electron chi connectivity index (χ0n) is 6.73. The molecule has 0 unspecified atom stereocenters. The molecule has 4 nitrogen and oxygen atoms in total. The van der Waals surface area contributed by atoms with Crippen LogP contribution in [-0.2, 0) is 4.79 Å². The van der Waals surface area contributed by atoms with Gasteiger partial charge in [0.2, 0.25) is 0 Å². The van der Waals surface area contributed by atoms with Gasteiger partial charge in [-0.05, 0) is 6.92 Å². The van der Waals surface area contributed by atoms with Crippen molar-refractivity contribution in [2.75, 3.05) is 6.54 Å². The van der Waals surface area contributed by atoms with Crippen LogP contribution in [0.15, 0.2) is 0 Å². The molecular formula is C4H8F3N2NaO2. The molecule has 0 rings (SSSR count). The van der Waals surface area contributed by atoms with Crippen molar-refractivity contribution in [2.24, 2.45) is 5.84 Å². The average Bonchev–Trinajstić information content (AvgIpc) is 1.58. The van der Waals surface area contributed by atoms with Gasteiger partial charge < -0.3 is 9.90 Å². The van der Waals surface area contributed by atoms with Crippen LogP contribution in [-0.4, -0.2) is 18.7 Å². The molecule has 0 amide bonds. The summed E-state index contributed by atoms with van der Waals surface area (Å²) >= 11 is 0. The third-order valence-electron chi connectivity index (χ3n) is 0.303.